The van der Waals surface area contributed by atoms with Crippen molar-refractivity contribution < 1.29 is 4.74 Å². The van der Waals surface area contributed by atoms with Gasteiger partial charge in [0.1, 0.15) is 17.4 Å². The lowest BCUT2D eigenvalue weighted by molar-refractivity contribution is 0.460. The monoisotopic (exact) mass is 275 g/mol. The van der Waals surface area contributed by atoms with Crippen LogP contribution in [0, 0.1) is 11.3 Å². The first-order chi connectivity index (χ1) is 8.70. The zero-order chi connectivity index (χ0) is 13.0. The van der Waals surface area contributed by atoms with Gasteiger partial charge in [0.2, 0.25) is 5.88 Å². The van der Waals surface area contributed by atoms with Gasteiger partial charge in [-0.15, -0.1) is 12.4 Å². The minimum Gasteiger partial charge on any atom is -0.438 e. The fourth-order valence-electron chi connectivity index (χ4n) is 1.53. The minimum atomic E-state index is -0.0623. The molecule has 0 bridgehead atoms. The summed E-state index contributed by atoms with van der Waals surface area (Å²) in [6, 6.07) is 12.8. The smallest absolute Gasteiger partial charge is 0.237 e. The first kappa shape index (κ1) is 15.0. The van der Waals surface area contributed by atoms with Crippen LogP contribution in [0.15, 0.2) is 42.6 Å². The van der Waals surface area contributed by atoms with Crippen molar-refractivity contribution in [1.29, 1.82) is 5.26 Å². The highest BCUT2D eigenvalue weighted by Gasteiger charge is 2.06. The number of pyridine rings is 1. The van der Waals surface area contributed by atoms with Gasteiger partial charge in [-0.25, -0.2) is 4.98 Å². The van der Waals surface area contributed by atoms with Gasteiger partial charge in [-0.2, -0.15) is 5.26 Å². The van der Waals surface area contributed by atoms with Gasteiger partial charge in [0.15, 0.2) is 0 Å². The summed E-state index contributed by atoms with van der Waals surface area (Å²) in [5.41, 5.74) is 7.19. The molecule has 1 unspecified atom stereocenters. The van der Waals surface area contributed by atoms with Gasteiger partial charge in [0, 0.05) is 12.2 Å². The summed E-state index contributed by atoms with van der Waals surface area (Å²) >= 11 is 0. The van der Waals surface area contributed by atoms with Gasteiger partial charge in [-0.3, -0.25) is 0 Å². The zero-order valence-electron chi connectivity index (χ0n) is 10.4. The summed E-state index contributed by atoms with van der Waals surface area (Å²) in [6.07, 6.45) is 1.59. The van der Waals surface area contributed by atoms with E-state index in [1.807, 2.05) is 37.3 Å². The van der Waals surface area contributed by atoms with Crippen molar-refractivity contribution in [3.8, 4) is 17.7 Å². The Labute approximate surface area is 118 Å². The molecule has 0 fully saturated rings. The Hall–Kier alpha value is -2.09. The van der Waals surface area contributed by atoms with Gasteiger partial charge in [-0.1, -0.05) is 12.1 Å². The number of nitriles is 1. The van der Waals surface area contributed by atoms with E-state index in [-0.39, 0.29) is 18.4 Å². The number of aromatic nitrogens is 1. The second-order valence-corrected chi connectivity index (χ2v) is 3.93. The summed E-state index contributed by atoms with van der Waals surface area (Å²) in [6.45, 7) is 1.90. The Balaban J connectivity index is 0.00000180. The molecule has 2 rings (SSSR count). The highest BCUT2D eigenvalue weighted by Crippen LogP contribution is 2.24. The fraction of sp³-hybridized carbons (Fsp3) is 0.143. The van der Waals surface area contributed by atoms with Crippen LogP contribution < -0.4 is 10.5 Å². The maximum Gasteiger partial charge on any atom is 0.237 e. The summed E-state index contributed by atoms with van der Waals surface area (Å²) in [5.74, 6) is 0.932. The van der Waals surface area contributed by atoms with Crippen molar-refractivity contribution in [3.05, 3.63) is 53.7 Å². The molecular weight excluding hydrogens is 262 g/mol. The van der Waals surface area contributed by atoms with E-state index in [1.165, 1.54) is 0 Å². The molecular formula is C14H14ClN3O. The molecule has 1 heterocycles. The van der Waals surface area contributed by atoms with Crippen molar-refractivity contribution in [2.45, 2.75) is 13.0 Å². The lowest BCUT2D eigenvalue weighted by atomic mass is 10.1. The summed E-state index contributed by atoms with van der Waals surface area (Å²) < 4.78 is 5.60. The molecule has 1 aromatic heterocycles. The number of ether oxygens (including phenoxy) is 1. The average molecular weight is 276 g/mol. The molecule has 0 aliphatic heterocycles. The molecule has 0 spiro atoms. The van der Waals surface area contributed by atoms with Crippen LogP contribution in [-0.2, 0) is 0 Å². The molecule has 0 saturated carbocycles. The number of rotatable bonds is 3. The molecule has 2 N–H and O–H groups in total. The average Bonchev–Trinajstić information content (AvgIpc) is 2.39. The van der Waals surface area contributed by atoms with E-state index in [4.69, 9.17) is 15.7 Å². The Morgan fingerprint density at radius 1 is 1.32 bits per heavy atom. The lowest BCUT2D eigenvalue weighted by Crippen LogP contribution is -2.04. The molecule has 98 valence electrons. The first-order valence-electron chi connectivity index (χ1n) is 5.59. The standard InChI is InChI=1S/C14H13N3O.ClH/c1-10(16)11-4-2-6-13(8-11)18-14-12(9-15)5-3-7-17-14;/h2-8,10H,16H2,1H3;1H. The number of nitrogens with zero attached hydrogens (tertiary/aromatic N) is 2. The number of benzene rings is 1. The molecule has 0 saturated heterocycles. The second-order valence-electron chi connectivity index (χ2n) is 3.93. The molecule has 4 nitrogen and oxygen atoms in total. The molecule has 19 heavy (non-hydrogen) atoms. The van der Waals surface area contributed by atoms with Gasteiger partial charge < -0.3 is 10.5 Å². The largest absolute Gasteiger partial charge is 0.438 e. The predicted octanol–water partition coefficient (Wildman–Crippen LogP) is 3.19. The number of hydrogen-bond donors (Lipinski definition) is 1. The van der Waals surface area contributed by atoms with Gasteiger partial charge in [0.25, 0.3) is 0 Å². The van der Waals surface area contributed by atoms with Crippen molar-refractivity contribution in [1.82, 2.24) is 4.98 Å². The summed E-state index contributed by atoms with van der Waals surface area (Å²) in [5, 5.41) is 8.95. The Kier molecular flexibility index (Phi) is 5.31. The molecule has 1 aromatic carbocycles. The summed E-state index contributed by atoms with van der Waals surface area (Å²) in [7, 11) is 0. The van der Waals surface area contributed by atoms with Gasteiger partial charge >= 0.3 is 0 Å². The highest BCUT2D eigenvalue weighted by molar-refractivity contribution is 5.85. The summed E-state index contributed by atoms with van der Waals surface area (Å²) in [4.78, 5) is 4.04. The topological polar surface area (TPSA) is 71.9 Å². The van der Waals surface area contributed by atoms with Crippen LogP contribution in [0.3, 0.4) is 0 Å². The lowest BCUT2D eigenvalue weighted by Gasteiger charge is -2.09. The zero-order valence-corrected chi connectivity index (χ0v) is 11.2. The minimum absolute atomic E-state index is 0. The fourth-order valence-corrected chi connectivity index (χ4v) is 1.53. The molecule has 5 heteroatoms. The SMILES string of the molecule is CC(N)c1cccc(Oc2ncccc2C#N)c1.Cl. The van der Waals surface area contributed by atoms with Crippen molar-refractivity contribution in [2.75, 3.05) is 0 Å². The van der Waals surface area contributed by atoms with E-state index in [0.29, 0.717) is 17.2 Å². The maximum absolute atomic E-state index is 8.95. The Bertz CT molecular complexity index is 593. The van der Waals surface area contributed by atoms with E-state index in [1.54, 1.807) is 18.3 Å². The third-order valence-electron chi connectivity index (χ3n) is 2.49. The van der Waals surface area contributed by atoms with Crippen molar-refractivity contribution >= 4 is 12.4 Å². The van der Waals surface area contributed by atoms with Crippen molar-refractivity contribution in [3.63, 3.8) is 0 Å². The van der Waals surface area contributed by atoms with Crippen LogP contribution in [0.25, 0.3) is 0 Å². The molecule has 0 amide bonds. The van der Waals surface area contributed by atoms with Crippen LogP contribution in [0.2, 0.25) is 0 Å². The molecule has 2 aromatic rings. The van der Waals surface area contributed by atoms with E-state index in [0.717, 1.165) is 5.56 Å². The third kappa shape index (κ3) is 3.68. The van der Waals surface area contributed by atoms with Crippen LogP contribution in [0.5, 0.6) is 11.6 Å². The second kappa shape index (κ2) is 6.74. The van der Waals surface area contributed by atoms with E-state index in [2.05, 4.69) is 4.98 Å². The normalized spacial score (nSPS) is 11.0. The van der Waals surface area contributed by atoms with Crippen molar-refractivity contribution in [2.24, 2.45) is 5.73 Å². The molecule has 0 radical (unpaired) electrons. The molecule has 1 atom stereocenters. The quantitative estimate of drug-likeness (QED) is 0.934. The Morgan fingerprint density at radius 2 is 2.11 bits per heavy atom. The van der Waals surface area contributed by atoms with Gasteiger partial charge in [-0.05, 0) is 36.8 Å². The van der Waals surface area contributed by atoms with Crippen LogP contribution in [0.1, 0.15) is 24.1 Å². The maximum atomic E-state index is 8.95. The number of nitrogens with two attached hydrogens (primary N) is 1. The van der Waals surface area contributed by atoms with E-state index < -0.39 is 0 Å². The van der Waals surface area contributed by atoms with Crippen LogP contribution >= 0.6 is 12.4 Å². The first-order valence-corrected chi connectivity index (χ1v) is 5.59. The molecule has 0 aliphatic carbocycles. The van der Waals surface area contributed by atoms with Crippen LogP contribution in [-0.4, -0.2) is 4.98 Å². The van der Waals surface area contributed by atoms with Gasteiger partial charge in [0.05, 0.1) is 0 Å². The molecule has 0 aliphatic rings. The Morgan fingerprint density at radius 3 is 2.79 bits per heavy atom. The highest BCUT2D eigenvalue weighted by atomic mass is 35.5. The van der Waals surface area contributed by atoms with E-state index in [9.17, 15) is 0 Å². The van der Waals surface area contributed by atoms with E-state index >= 15 is 0 Å². The number of hydrogen-bond acceptors (Lipinski definition) is 4. The third-order valence-corrected chi connectivity index (χ3v) is 2.49. The predicted molar refractivity (Wildman–Crippen MR) is 75.3 cm³/mol. The number of halogens is 1. The van der Waals surface area contributed by atoms with Crippen LogP contribution in [0.4, 0.5) is 0 Å².